The Labute approximate surface area is 137 Å². The third-order valence-electron chi connectivity index (χ3n) is 3.67. The van der Waals surface area contributed by atoms with Gasteiger partial charge in [0.25, 0.3) is 0 Å². The molecule has 4 rings (SSSR count). The lowest BCUT2D eigenvalue weighted by Gasteiger charge is -2.08. The fourth-order valence-electron chi connectivity index (χ4n) is 2.60. The van der Waals surface area contributed by atoms with Crippen molar-refractivity contribution in [1.29, 1.82) is 0 Å². The van der Waals surface area contributed by atoms with Gasteiger partial charge in [-0.05, 0) is 30.2 Å². The van der Waals surface area contributed by atoms with Crippen LogP contribution in [0, 0.1) is 6.92 Å². The maximum Gasteiger partial charge on any atom is 0.148 e. The molecule has 23 heavy (non-hydrogen) atoms. The first-order chi connectivity index (χ1) is 11.3. The van der Waals surface area contributed by atoms with Crippen molar-refractivity contribution in [2.24, 2.45) is 0 Å². The third-order valence-corrected chi connectivity index (χ3v) is 4.54. The van der Waals surface area contributed by atoms with Gasteiger partial charge >= 0.3 is 0 Å². The van der Waals surface area contributed by atoms with Gasteiger partial charge in [0.1, 0.15) is 10.0 Å². The number of rotatable bonds is 3. The number of aryl methyl sites for hydroxylation is 1. The van der Waals surface area contributed by atoms with Crippen molar-refractivity contribution < 1.29 is 0 Å². The molecule has 2 aromatic heterocycles. The van der Waals surface area contributed by atoms with Gasteiger partial charge < -0.3 is 0 Å². The molecule has 0 amide bonds. The van der Waals surface area contributed by atoms with E-state index in [0.717, 1.165) is 38.0 Å². The fraction of sp³-hybridized carbons (Fsp3) is 0.0556. The molecule has 4 nitrogen and oxygen atoms in total. The van der Waals surface area contributed by atoms with Gasteiger partial charge in [0.05, 0.1) is 5.69 Å². The molecular formula is C18H14N4S. The second kappa shape index (κ2) is 5.78. The van der Waals surface area contributed by atoms with E-state index in [-0.39, 0.29) is 0 Å². The molecule has 0 spiro atoms. The number of nitrogens with zero attached hydrogens (tertiary/aromatic N) is 3. The Kier molecular flexibility index (Phi) is 3.48. The summed E-state index contributed by atoms with van der Waals surface area (Å²) in [6.45, 7) is 1.97. The minimum atomic E-state index is 0.949. The standard InChI is InChI=1S/C18H14N4S/c1-12-20-22-18(23-12)16-8-3-2-7-15(16)13-5-4-6-14(11-13)17-9-10-19-21-17/h2-11H,1H3,(H,19,21). The quantitative estimate of drug-likeness (QED) is 0.602. The van der Waals surface area contributed by atoms with Crippen LogP contribution in [0.4, 0.5) is 0 Å². The average molecular weight is 318 g/mol. The SMILES string of the molecule is Cc1nnc(-c2ccccc2-c2cccc(-c3ccn[nH]3)c2)s1. The van der Waals surface area contributed by atoms with Crippen molar-refractivity contribution in [1.82, 2.24) is 20.4 Å². The number of aromatic nitrogens is 4. The van der Waals surface area contributed by atoms with E-state index in [9.17, 15) is 0 Å². The number of hydrogen-bond acceptors (Lipinski definition) is 4. The largest absolute Gasteiger partial charge is 0.278 e. The van der Waals surface area contributed by atoms with Crippen LogP contribution in [-0.2, 0) is 0 Å². The van der Waals surface area contributed by atoms with Crippen molar-refractivity contribution in [3.63, 3.8) is 0 Å². The van der Waals surface area contributed by atoms with Gasteiger partial charge in [0, 0.05) is 17.3 Å². The van der Waals surface area contributed by atoms with Crippen molar-refractivity contribution in [3.8, 4) is 33.0 Å². The van der Waals surface area contributed by atoms with Crippen LogP contribution in [0.1, 0.15) is 5.01 Å². The molecule has 2 aromatic carbocycles. The first-order valence-corrected chi connectivity index (χ1v) is 8.12. The van der Waals surface area contributed by atoms with Crippen LogP contribution in [0.25, 0.3) is 33.0 Å². The summed E-state index contributed by atoms with van der Waals surface area (Å²) in [5.74, 6) is 0. The first kappa shape index (κ1) is 13.8. The Morgan fingerprint density at radius 3 is 2.43 bits per heavy atom. The van der Waals surface area contributed by atoms with Crippen molar-refractivity contribution in [3.05, 3.63) is 65.8 Å². The number of H-pyrrole nitrogens is 1. The fourth-order valence-corrected chi connectivity index (χ4v) is 3.33. The van der Waals surface area contributed by atoms with Crippen LogP contribution in [0.3, 0.4) is 0 Å². The molecule has 0 aliphatic rings. The lowest BCUT2D eigenvalue weighted by atomic mass is 9.97. The maximum atomic E-state index is 4.30. The zero-order valence-electron chi connectivity index (χ0n) is 12.5. The molecule has 2 heterocycles. The molecule has 112 valence electrons. The highest BCUT2D eigenvalue weighted by Gasteiger charge is 2.11. The molecule has 0 atom stereocenters. The van der Waals surface area contributed by atoms with Crippen molar-refractivity contribution >= 4 is 11.3 Å². The second-order valence-electron chi connectivity index (χ2n) is 5.22. The average Bonchev–Trinajstić information content (AvgIpc) is 3.27. The van der Waals surface area contributed by atoms with E-state index >= 15 is 0 Å². The van der Waals surface area contributed by atoms with Crippen LogP contribution < -0.4 is 0 Å². The summed E-state index contributed by atoms with van der Waals surface area (Å²) in [5.41, 5.74) is 5.55. The zero-order valence-corrected chi connectivity index (χ0v) is 13.3. The van der Waals surface area contributed by atoms with Crippen LogP contribution in [0.5, 0.6) is 0 Å². The van der Waals surface area contributed by atoms with Gasteiger partial charge in [-0.15, -0.1) is 10.2 Å². The second-order valence-corrected chi connectivity index (χ2v) is 6.40. The van der Waals surface area contributed by atoms with Crippen molar-refractivity contribution in [2.75, 3.05) is 0 Å². The topological polar surface area (TPSA) is 54.5 Å². The van der Waals surface area contributed by atoms with Gasteiger partial charge in [0.2, 0.25) is 0 Å². The van der Waals surface area contributed by atoms with Gasteiger partial charge in [-0.1, -0.05) is 53.8 Å². The van der Waals surface area contributed by atoms with Crippen LogP contribution >= 0.6 is 11.3 Å². The summed E-state index contributed by atoms with van der Waals surface area (Å²) in [5, 5.41) is 17.4. The van der Waals surface area contributed by atoms with Gasteiger partial charge in [-0.25, -0.2) is 0 Å². The van der Waals surface area contributed by atoms with E-state index in [4.69, 9.17) is 0 Å². The Balaban J connectivity index is 1.84. The number of aromatic amines is 1. The molecule has 0 aliphatic heterocycles. The Morgan fingerprint density at radius 2 is 1.70 bits per heavy atom. The van der Waals surface area contributed by atoms with E-state index in [2.05, 4.69) is 62.9 Å². The normalized spacial score (nSPS) is 10.8. The molecular weight excluding hydrogens is 304 g/mol. The minimum absolute atomic E-state index is 0.949. The summed E-state index contributed by atoms with van der Waals surface area (Å²) in [7, 11) is 0. The van der Waals surface area contributed by atoms with Crippen LogP contribution in [0.15, 0.2) is 60.8 Å². The Hall–Kier alpha value is -2.79. The highest BCUT2D eigenvalue weighted by molar-refractivity contribution is 7.14. The maximum absolute atomic E-state index is 4.30. The van der Waals surface area contributed by atoms with Gasteiger partial charge in [-0.2, -0.15) is 5.10 Å². The highest BCUT2D eigenvalue weighted by atomic mass is 32.1. The molecule has 0 saturated heterocycles. The molecule has 0 aliphatic carbocycles. The number of benzene rings is 2. The molecule has 0 fully saturated rings. The Bertz CT molecular complexity index is 941. The zero-order chi connectivity index (χ0) is 15.6. The Morgan fingerprint density at radius 1 is 0.870 bits per heavy atom. The van der Waals surface area contributed by atoms with Crippen LogP contribution in [0.2, 0.25) is 0 Å². The van der Waals surface area contributed by atoms with E-state index in [0.29, 0.717) is 0 Å². The van der Waals surface area contributed by atoms with E-state index < -0.39 is 0 Å². The van der Waals surface area contributed by atoms with Gasteiger partial charge in [0.15, 0.2) is 0 Å². The highest BCUT2D eigenvalue weighted by Crippen LogP contribution is 2.34. The molecule has 0 radical (unpaired) electrons. The predicted molar refractivity (Wildman–Crippen MR) is 93.1 cm³/mol. The summed E-state index contributed by atoms with van der Waals surface area (Å²) in [4.78, 5) is 0. The van der Waals surface area contributed by atoms with E-state index in [1.165, 1.54) is 0 Å². The molecule has 0 bridgehead atoms. The third kappa shape index (κ3) is 2.66. The molecule has 1 N–H and O–H groups in total. The van der Waals surface area contributed by atoms with Crippen molar-refractivity contribution in [2.45, 2.75) is 6.92 Å². The monoisotopic (exact) mass is 318 g/mol. The molecule has 5 heteroatoms. The lowest BCUT2D eigenvalue weighted by molar-refractivity contribution is 1.05. The van der Waals surface area contributed by atoms with E-state index in [1.807, 2.05) is 19.1 Å². The minimum Gasteiger partial charge on any atom is -0.278 e. The molecule has 0 unspecified atom stereocenters. The lowest BCUT2D eigenvalue weighted by Crippen LogP contribution is -1.86. The van der Waals surface area contributed by atoms with Gasteiger partial charge in [-0.3, -0.25) is 5.10 Å². The van der Waals surface area contributed by atoms with E-state index in [1.54, 1.807) is 17.5 Å². The smallest absolute Gasteiger partial charge is 0.148 e. The van der Waals surface area contributed by atoms with Crippen LogP contribution in [-0.4, -0.2) is 20.4 Å². The number of nitrogens with one attached hydrogen (secondary N) is 1. The number of hydrogen-bond donors (Lipinski definition) is 1. The summed E-state index contributed by atoms with van der Waals surface area (Å²) < 4.78 is 0. The predicted octanol–water partition coefficient (Wildman–Crippen LogP) is 4.57. The summed E-state index contributed by atoms with van der Waals surface area (Å²) in [6.07, 6.45) is 1.76. The molecule has 4 aromatic rings. The molecule has 0 saturated carbocycles. The summed E-state index contributed by atoms with van der Waals surface area (Å²) >= 11 is 1.61. The summed E-state index contributed by atoms with van der Waals surface area (Å²) in [6, 6.07) is 18.7. The first-order valence-electron chi connectivity index (χ1n) is 7.31.